The van der Waals surface area contributed by atoms with Crippen LogP contribution in [0.2, 0.25) is 0 Å². The van der Waals surface area contributed by atoms with E-state index in [0.717, 1.165) is 31.4 Å². The molecule has 94 valence electrons. The van der Waals surface area contributed by atoms with Crippen molar-refractivity contribution in [1.82, 2.24) is 5.32 Å². The minimum Gasteiger partial charge on any atom is -0.491 e. The van der Waals surface area contributed by atoms with Gasteiger partial charge in [0.2, 0.25) is 0 Å². The number of halogens is 3. The Morgan fingerprint density at radius 2 is 1.82 bits per heavy atom. The monoisotopic (exact) mass is 569 g/mol. The van der Waals surface area contributed by atoms with Crippen LogP contribution in [0.1, 0.15) is 19.3 Å². The van der Waals surface area contributed by atoms with Crippen LogP contribution in [-0.2, 0) is 0 Å². The van der Waals surface area contributed by atoms with Gasteiger partial charge in [-0.25, -0.2) is 0 Å². The first-order valence-corrected chi connectivity index (χ1v) is 8.91. The summed E-state index contributed by atoms with van der Waals surface area (Å²) in [6.07, 6.45) is 3.79. The smallest absolute Gasteiger partial charge is 0.145 e. The Kier molecular flexibility index (Phi) is 6.08. The summed E-state index contributed by atoms with van der Waals surface area (Å²) in [6, 6.07) is 5.11. The summed E-state index contributed by atoms with van der Waals surface area (Å²) in [5.41, 5.74) is 0. The second-order valence-electron chi connectivity index (χ2n) is 4.13. The van der Waals surface area contributed by atoms with Crippen molar-refractivity contribution in [2.24, 2.45) is 0 Å². The Labute approximate surface area is 143 Å². The quantitative estimate of drug-likeness (QED) is 0.414. The number of hydrogen-bond donors (Lipinski definition) is 1. The zero-order chi connectivity index (χ0) is 12.3. The fourth-order valence-corrected chi connectivity index (χ4v) is 5.40. The van der Waals surface area contributed by atoms with Crippen LogP contribution in [0.3, 0.4) is 0 Å². The van der Waals surface area contributed by atoms with Gasteiger partial charge in [-0.1, -0.05) is 0 Å². The topological polar surface area (TPSA) is 21.3 Å². The summed E-state index contributed by atoms with van der Waals surface area (Å²) in [7, 11) is 0. The molecule has 0 aliphatic heterocycles. The van der Waals surface area contributed by atoms with E-state index < -0.39 is 0 Å². The third-order valence-corrected chi connectivity index (χ3v) is 4.77. The van der Waals surface area contributed by atoms with E-state index in [1.165, 1.54) is 23.6 Å². The zero-order valence-electron chi connectivity index (χ0n) is 9.31. The van der Waals surface area contributed by atoms with Gasteiger partial charge in [0.25, 0.3) is 0 Å². The summed E-state index contributed by atoms with van der Waals surface area (Å²) < 4.78 is 9.54. The minimum absolute atomic E-state index is 0.798. The zero-order valence-corrected chi connectivity index (χ0v) is 15.8. The van der Waals surface area contributed by atoms with Crippen LogP contribution >= 0.6 is 67.8 Å². The standard InChI is InChI=1S/C12H14I3NO/c13-8-6-10(14)12(11(15)7-8)17-5-1-4-16-9-2-3-9/h6-7,9,16H,1-5H2. The first-order valence-electron chi connectivity index (χ1n) is 5.67. The van der Waals surface area contributed by atoms with Gasteiger partial charge in [-0.15, -0.1) is 0 Å². The van der Waals surface area contributed by atoms with Crippen LogP contribution in [-0.4, -0.2) is 19.2 Å². The minimum atomic E-state index is 0.798. The largest absolute Gasteiger partial charge is 0.491 e. The normalized spacial score (nSPS) is 15.0. The molecule has 2 rings (SSSR count). The van der Waals surface area contributed by atoms with Gasteiger partial charge >= 0.3 is 0 Å². The Morgan fingerprint density at radius 1 is 1.18 bits per heavy atom. The van der Waals surface area contributed by atoms with Gasteiger partial charge in [-0.3, -0.25) is 0 Å². The highest BCUT2D eigenvalue weighted by Gasteiger charge is 2.19. The summed E-state index contributed by atoms with van der Waals surface area (Å²) in [6.45, 7) is 1.87. The molecule has 1 fully saturated rings. The van der Waals surface area contributed by atoms with Crippen molar-refractivity contribution >= 4 is 67.8 Å². The molecule has 0 atom stereocenters. The molecule has 1 saturated carbocycles. The van der Waals surface area contributed by atoms with E-state index in [0.29, 0.717) is 0 Å². The summed E-state index contributed by atoms with van der Waals surface area (Å²) in [5.74, 6) is 1.04. The molecular formula is C12H14I3NO. The number of nitrogens with one attached hydrogen (secondary N) is 1. The third-order valence-electron chi connectivity index (χ3n) is 2.54. The van der Waals surface area contributed by atoms with Gasteiger partial charge < -0.3 is 10.1 Å². The van der Waals surface area contributed by atoms with Gasteiger partial charge in [-0.05, 0) is 106 Å². The maximum Gasteiger partial charge on any atom is 0.145 e. The van der Waals surface area contributed by atoms with Crippen molar-refractivity contribution in [3.8, 4) is 5.75 Å². The lowest BCUT2D eigenvalue weighted by Gasteiger charge is -2.11. The first kappa shape index (κ1) is 14.6. The summed E-state index contributed by atoms with van der Waals surface area (Å²) >= 11 is 7.02. The van der Waals surface area contributed by atoms with Crippen molar-refractivity contribution in [2.75, 3.05) is 13.2 Å². The van der Waals surface area contributed by atoms with Crippen molar-refractivity contribution in [2.45, 2.75) is 25.3 Å². The molecule has 1 aromatic carbocycles. The number of rotatable bonds is 6. The summed E-state index contributed by atoms with van der Waals surface area (Å²) in [5, 5.41) is 3.50. The van der Waals surface area contributed by atoms with Gasteiger partial charge in [0.05, 0.1) is 13.7 Å². The predicted molar refractivity (Wildman–Crippen MR) is 95.7 cm³/mol. The molecule has 0 bridgehead atoms. The van der Waals surface area contributed by atoms with E-state index in [9.17, 15) is 0 Å². The highest BCUT2D eigenvalue weighted by molar-refractivity contribution is 14.1. The van der Waals surface area contributed by atoms with Gasteiger partial charge in [0.1, 0.15) is 5.75 Å². The molecule has 1 N–H and O–H groups in total. The molecule has 1 aliphatic carbocycles. The molecule has 0 spiro atoms. The molecule has 0 aromatic heterocycles. The van der Waals surface area contributed by atoms with Gasteiger partial charge in [0.15, 0.2) is 0 Å². The summed E-state index contributed by atoms with van der Waals surface area (Å²) in [4.78, 5) is 0. The molecule has 1 aromatic rings. The number of benzene rings is 1. The molecule has 1 aliphatic rings. The van der Waals surface area contributed by atoms with E-state index >= 15 is 0 Å². The molecule has 0 heterocycles. The van der Waals surface area contributed by atoms with Crippen molar-refractivity contribution in [1.29, 1.82) is 0 Å². The Bertz CT molecular complexity index is 370. The lowest BCUT2D eigenvalue weighted by atomic mass is 10.3. The second-order valence-corrected chi connectivity index (χ2v) is 7.70. The Morgan fingerprint density at radius 3 is 2.41 bits per heavy atom. The highest BCUT2D eigenvalue weighted by atomic mass is 127. The molecule has 2 nitrogen and oxygen atoms in total. The number of hydrogen-bond acceptors (Lipinski definition) is 2. The molecule has 0 radical (unpaired) electrons. The first-order chi connectivity index (χ1) is 8.16. The predicted octanol–water partition coefficient (Wildman–Crippen LogP) is 4.02. The van der Waals surface area contributed by atoms with Crippen LogP contribution < -0.4 is 10.1 Å². The highest BCUT2D eigenvalue weighted by Crippen LogP contribution is 2.29. The molecule has 0 saturated heterocycles. The van der Waals surface area contributed by atoms with Crippen molar-refractivity contribution < 1.29 is 4.74 Å². The fourth-order valence-electron chi connectivity index (χ4n) is 1.51. The lowest BCUT2D eigenvalue weighted by Crippen LogP contribution is -2.19. The maximum atomic E-state index is 5.87. The van der Waals surface area contributed by atoms with E-state index in [1.807, 2.05) is 0 Å². The Hall–Kier alpha value is 1.17. The molecule has 0 unspecified atom stereocenters. The average molecular weight is 569 g/mol. The fraction of sp³-hybridized carbons (Fsp3) is 0.500. The van der Waals surface area contributed by atoms with Gasteiger partial charge in [0, 0.05) is 9.61 Å². The van der Waals surface area contributed by atoms with E-state index in [2.05, 4.69) is 85.2 Å². The van der Waals surface area contributed by atoms with E-state index in [4.69, 9.17) is 4.74 Å². The SMILES string of the molecule is Ic1cc(I)c(OCCCNC2CC2)c(I)c1. The van der Waals surface area contributed by atoms with Gasteiger partial charge in [-0.2, -0.15) is 0 Å². The average Bonchev–Trinajstić information content (AvgIpc) is 3.04. The van der Waals surface area contributed by atoms with Crippen LogP contribution in [0.5, 0.6) is 5.75 Å². The van der Waals surface area contributed by atoms with Crippen LogP contribution in [0, 0.1) is 10.7 Å². The maximum absolute atomic E-state index is 5.87. The third kappa shape index (κ3) is 4.98. The molecular weight excluding hydrogens is 555 g/mol. The molecule has 5 heteroatoms. The van der Waals surface area contributed by atoms with Crippen molar-refractivity contribution in [3.63, 3.8) is 0 Å². The van der Waals surface area contributed by atoms with E-state index in [1.54, 1.807) is 0 Å². The van der Waals surface area contributed by atoms with Crippen LogP contribution in [0.25, 0.3) is 0 Å². The molecule has 0 amide bonds. The Balaban J connectivity index is 1.77. The van der Waals surface area contributed by atoms with Crippen molar-refractivity contribution in [3.05, 3.63) is 22.8 Å². The van der Waals surface area contributed by atoms with Crippen LogP contribution in [0.4, 0.5) is 0 Å². The van der Waals surface area contributed by atoms with E-state index in [-0.39, 0.29) is 0 Å². The number of ether oxygens (including phenoxy) is 1. The molecule has 17 heavy (non-hydrogen) atoms. The lowest BCUT2D eigenvalue weighted by molar-refractivity contribution is 0.304. The van der Waals surface area contributed by atoms with Crippen LogP contribution in [0.15, 0.2) is 12.1 Å². The second kappa shape index (κ2) is 7.09.